The molecule has 0 aromatic heterocycles. The first-order valence-corrected chi connectivity index (χ1v) is 7.12. The first kappa shape index (κ1) is 16.6. The summed E-state index contributed by atoms with van der Waals surface area (Å²) in [5, 5.41) is 9.37. The van der Waals surface area contributed by atoms with Gasteiger partial charge in [0.05, 0.1) is 0 Å². The van der Waals surface area contributed by atoms with Gasteiger partial charge in [0.1, 0.15) is 0 Å². The topological polar surface area (TPSA) is 40.5 Å². The van der Waals surface area contributed by atoms with Crippen molar-refractivity contribution in [3.05, 3.63) is 34.9 Å². The number of carbonyl (C=O) groups is 1. The second kappa shape index (κ2) is 7.34. The van der Waals surface area contributed by atoms with Gasteiger partial charge in [-0.15, -0.1) is 0 Å². The molecule has 1 atom stereocenters. The van der Waals surface area contributed by atoms with Crippen LogP contribution in [0.25, 0.3) is 6.08 Å². The maximum Gasteiger partial charge on any atom is 0.328 e. The lowest BCUT2D eigenvalue weighted by molar-refractivity contribution is -0.131. The van der Waals surface area contributed by atoms with E-state index in [0.717, 1.165) is 23.7 Å². The monoisotopic (exact) mass is 295 g/mol. The molecule has 0 aliphatic rings. The molecule has 0 saturated carbocycles. The molecule has 1 N–H and O–H groups in total. The van der Waals surface area contributed by atoms with Crippen LogP contribution in [0.5, 0.6) is 0 Å². The van der Waals surface area contributed by atoms with Crippen LogP contribution >= 0.6 is 11.6 Å². The minimum atomic E-state index is -0.964. The molecule has 0 radical (unpaired) electrons. The molecule has 20 heavy (non-hydrogen) atoms. The lowest BCUT2D eigenvalue weighted by Crippen LogP contribution is -2.30. The van der Waals surface area contributed by atoms with Gasteiger partial charge in [0.25, 0.3) is 0 Å². The Morgan fingerprint density at radius 2 is 2.05 bits per heavy atom. The van der Waals surface area contributed by atoms with E-state index < -0.39 is 5.97 Å². The van der Waals surface area contributed by atoms with E-state index in [-0.39, 0.29) is 0 Å². The maximum absolute atomic E-state index is 10.7. The maximum atomic E-state index is 10.7. The smallest absolute Gasteiger partial charge is 0.328 e. The van der Waals surface area contributed by atoms with Crippen LogP contribution in [-0.2, 0) is 4.79 Å². The average Bonchev–Trinajstić information content (AvgIpc) is 2.34. The molecule has 0 fully saturated rings. The van der Waals surface area contributed by atoms with Gasteiger partial charge in [-0.3, -0.25) is 0 Å². The molecule has 0 bridgehead atoms. The Bertz CT molecular complexity index is 497. The van der Waals surface area contributed by atoms with E-state index >= 15 is 0 Å². The van der Waals surface area contributed by atoms with Crippen LogP contribution in [0.2, 0.25) is 5.02 Å². The summed E-state index contributed by atoms with van der Waals surface area (Å²) in [4.78, 5) is 12.8. The standard InChI is InChI=1S/C16H22ClNO2/c1-11(2)9-12(3)18(4)15-7-6-14(17)10-13(15)5-8-16(19)20/h5-8,10-12H,9H2,1-4H3,(H,19,20)/b8-5+. The van der Waals surface area contributed by atoms with Gasteiger partial charge in [-0.05, 0) is 49.1 Å². The van der Waals surface area contributed by atoms with Crippen molar-refractivity contribution in [1.82, 2.24) is 0 Å². The first-order chi connectivity index (χ1) is 9.31. The lowest BCUT2D eigenvalue weighted by atomic mass is 10.0. The van der Waals surface area contributed by atoms with Crippen molar-refractivity contribution in [3.63, 3.8) is 0 Å². The largest absolute Gasteiger partial charge is 0.478 e. The molecule has 1 rings (SSSR count). The fourth-order valence-corrected chi connectivity index (χ4v) is 2.40. The molecule has 0 aliphatic heterocycles. The highest BCUT2D eigenvalue weighted by molar-refractivity contribution is 6.30. The SMILES string of the molecule is CC(C)CC(C)N(C)c1ccc(Cl)cc1/C=C/C(=O)O. The van der Waals surface area contributed by atoms with Gasteiger partial charge in [-0.2, -0.15) is 0 Å². The average molecular weight is 296 g/mol. The molecular formula is C16H22ClNO2. The van der Waals surface area contributed by atoms with Gasteiger partial charge < -0.3 is 10.0 Å². The van der Waals surface area contributed by atoms with Gasteiger partial charge in [0, 0.05) is 29.9 Å². The minimum Gasteiger partial charge on any atom is -0.478 e. The van der Waals surface area contributed by atoms with E-state index in [0.29, 0.717) is 17.0 Å². The molecule has 4 heteroatoms. The van der Waals surface area contributed by atoms with E-state index in [1.807, 2.05) is 19.2 Å². The van der Waals surface area contributed by atoms with Crippen LogP contribution < -0.4 is 4.90 Å². The van der Waals surface area contributed by atoms with Crippen molar-refractivity contribution in [3.8, 4) is 0 Å². The number of rotatable bonds is 6. The highest BCUT2D eigenvalue weighted by atomic mass is 35.5. The second-order valence-electron chi connectivity index (χ2n) is 5.46. The predicted molar refractivity (Wildman–Crippen MR) is 85.4 cm³/mol. The van der Waals surface area contributed by atoms with Gasteiger partial charge in [0.15, 0.2) is 0 Å². The summed E-state index contributed by atoms with van der Waals surface area (Å²) in [5.41, 5.74) is 1.80. The van der Waals surface area contributed by atoms with Crippen molar-refractivity contribution >= 4 is 29.3 Å². The molecule has 0 saturated heterocycles. The third-order valence-corrected chi connectivity index (χ3v) is 3.48. The molecule has 1 aromatic carbocycles. The van der Waals surface area contributed by atoms with Crippen molar-refractivity contribution < 1.29 is 9.90 Å². The number of benzene rings is 1. The van der Waals surface area contributed by atoms with Crippen LogP contribution in [-0.4, -0.2) is 24.2 Å². The highest BCUT2D eigenvalue weighted by Gasteiger charge is 2.14. The van der Waals surface area contributed by atoms with Crippen LogP contribution in [0.15, 0.2) is 24.3 Å². The van der Waals surface area contributed by atoms with Crippen molar-refractivity contribution in [1.29, 1.82) is 0 Å². The van der Waals surface area contributed by atoms with Crippen molar-refractivity contribution in [2.75, 3.05) is 11.9 Å². The number of hydrogen-bond acceptors (Lipinski definition) is 2. The highest BCUT2D eigenvalue weighted by Crippen LogP contribution is 2.27. The van der Waals surface area contributed by atoms with Gasteiger partial charge in [-0.1, -0.05) is 25.4 Å². The van der Waals surface area contributed by atoms with E-state index in [1.54, 1.807) is 12.1 Å². The van der Waals surface area contributed by atoms with E-state index in [4.69, 9.17) is 16.7 Å². The van der Waals surface area contributed by atoms with E-state index in [2.05, 4.69) is 25.7 Å². The third kappa shape index (κ3) is 4.89. The molecule has 0 spiro atoms. The van der Waals surface area contributed by atoms with Crippen LogP contribution in [0.3, 0.4) is 0 Å². The van der Waals surface area contributed by atoms with Crippen LogP contribution in [0, 0.1) is 5.92 Å². The number of hydrogen-bond donors (Lipinski definition) is 1. The normalized spacial score (nSPS) is 12.9. The van der Waals surface area contributed by atoms with Crippen molar-refractivity contribution in [2.24, 2.45) is 5.92 Å². The van der Waals surface area contributed by atoms with Crippen LogP contribution in [0.1, 0.15) is 32.8 Å². The Morgan fingerprint density at radius 3 is 2.60 bits per heavy atom. The van der Waals surface area contributed by atoms with Crippen molar-refractivity contribution in [2.45, 2.75) is 33.2 Å². The Labute approximate surface area is 125 Å². The molecule has 110 valence electrons. The summed E-state index contributed by atoms with van der Waals surface area (Å²) < 4.78 is 0. The Balaban J connectivity index is 3.07. The van der Waals surface area contributed by atoms with Gasteiger partial charge >= 0.3 is 5.97 Å². The molecule has 1 unspecified atom stereocenters. The number of carboxylic acids is 1. The van der Waals surface area contributed by atoms with E-state index in [9.17, 15) is 4.79 Å². The quantitative estimate of drug-likeness (QED) is 0.795. The number of carboxylic acid groups (broad SMARTS) is 1. The number of aliphatic carboxylic acids is 1. The fourth-order valence-electron chi connectivity index (χ4n) is 2.22. The summed E-state index contributed by atoms with van der Waals surface area (Å²) >= 11 is 6.00. The van der Waals surface area contributed by atoms with Crippen LogP contribution in [0.4, 0.5) is 5.69 Å². The Hall–Kier alpha value is -1.48. The molecule has 0 amide bonds. The summed E-state index contributed by atoms with van der Waals surface area (Å²) in [5.74, 6) is -0.355. The number of halogens is 1. The van der Waals surface area contributed by atoms with E-state index in [1.165, 1.54) is 0 Å². The fraction of sp³-hybridized carbons (Fsp3) is 0.438. The Morgan fingerprint density at radius 1 is 1.40 bits per heavy atom. The Kier molecular flexibility index (Phi) is 6.08. The summed E-state index contributed by atoms with van der Waals surface area (Å²) in [6.45, 7) is 6.55. The lowest BCUT2D eigenvalue weighted by Gasteiger charge is -2.29. The zero-order valence-corrected chi connectivity index (χ0v) is 13.2. The third-order valence-electron chi connectivity index (χ3n) is 3.25. The summed E-state index contributed by atoms with van der Waals surface area (Å²) in [6.07, 6.45) is 3.79. The molecule has 1 aromatic rings. The predicted octanol–water partition coefficient (Wildman–Crippen LogP) is 4.31. The molecular weight excluding hydrogens is 274 g/mol. The first-order valence-electron chi connectivity index (χ1n) is 6.74. The number of anilines is 1. The van der Waals surface area contributed by atoms with Gasteiger partial charge in [-0.25, -0.2) is 4.79 Å². The summed E-state index contributed by atoms with van der Waals surface area (Å²) in [6, 6.07) is 5.91. The minimum absolute atomic E-state index is 0.369. The zero-order valence-electron chi connectivity index (χ0n) is 12.4. The molecule has 0 aliphatic carbocycles. The summed E-state index contributed by atoms with van der Waals surface area (Å²) in [7, 11) is 2.02. The molecule has 0 heterocycles. The molecule has 3 nitrogen and oxygen atoms in total. The second-order valence-corrected chi connectivity index (χ2v) is 5.90. The zero-order chi connectivity index (χ0) is 15.3. The number of nitrogens with zero attached hydrogens (tertiary/aromatic N) is 1. The van der Waals surface area contributed by atoms with Gasteiger partial charge in [0.2, 0.25) is 0 Å².